The number of rotatable bonds is 8. The van der Waals surface area contributed by atoms with Gasteiger partial charge in [0, 0.05) is 5.56 Å². The molecule has 40 heavy (non-hydrogen) atoms. The number of ether oxygens (including phenoxy) is 5. The highest BCUT2D eigenvalue weighted by Gasteiger charge is 2.51. The maximum absolute atomic E-state index is 16.3. The molecule has 0 saturated carbocycles. The van der Waals surface area contributed by atoms with Crippen LogP contribution in [0, 0.1) is 5.82 Å². The fourth-order valence-electron chi connectivity index (χ4n) is 4.05. The van der Waals surface area contributed by atoms with Gasteiger partial charge in [-0.05, 0) is 56.2 Å². The van der Waals surface area contributed by atoms with Gasteiger partial charge in [0.2, 0.25) is 0 Å². The molecule has 2 atom stereocenters. The quantitative estimate of drug-likeness (QED) is 0.238. The van der Waals surface area contributed by atoms with Gasteiger partial charge in [0.05, 0.1) is 7.11 Å². The molecule has 0 N–H and O–H groups in total. The Morgan fingerprint density at radius 3 is 2.05 bits per heavy atom. The van der Waals surface area contributed by atoms with E-state index in [4.69, 9.17) is 35.9 Å². The first-order valence-corrected chi connectivity index (χ1v) is 13.0. The molecule has 3 aromatic carbocycles. The number of amides is 1. The van der Waals surface area contributed by atoms with Gasteiger partial charge in [-0.1, -0.05) is 60.7 Å². The molecule has 0 bridgehead atoms. The predicted molar refractivity (Wildman–Crippen MR) is 148 cm³/mol. The van der Waals surface area contributed by atoms with Crippen LogP contribution in [-0.4, -0.2) is 40.9 Å². The van der Waals surface area contributed by atoms with Crippen molar-refractivity contribution in [1.29, 1.82) is 0 Å². The average molecular weight is 568 g/mol. The smallest absolute Gasteiger partial charge is 0.418 e. The van der Waals surface area contributed by atoms with Gasteiger partial charge >= 0.3 is 12.1 Å². The van der Waals surface area contributed by atoms with Crippen LogP contribution in [0.5, 0.6) is 11.5 Å². The van der Waals surface area contributed by atoms with Crippen molar-refractivity contribution in [3.05, 3.63) is 95.3 Å². The lowest BCUT2D eigenvalue weighted by Crippen LogP contribution is -2.47. The molecule has 0 aliphatic carbocycles. The van der Waals surface area contributed by atoms with Crippen molar-refractivity contribution in [3.8, 4) is 11.5 Å². The summed E-state index contributed by atoms with van der Waals surface area (Å²) in [5.41, 5.74) is 0.735. The van der Waals surface area contributed by atoms with Gasteiger partial charge < -0.3 is 23.7 Å². The average Bonchev–Trinajstić information content (AvgIpc) is 3.28. The van der Waals surface area contributed by atoms with Gasteiger partial charge in [0.1, 0.15) is 18.8 Å². The third kappa shape index (κ3) is 6.69. The monoisotopic (exact) mass is 567 g/mol. The van der Waals surface area contributed by atoms with Gasteiger partial charge in [-0.2, -0.15) is 0 Å². The van der Waals surface area contributed by atoms with E-state index in [0.717, 1.165) is 23.1 Å². The third-order valence-corrected chi connectivity index (χ3v) is 6.18. The number of benzene rings is 3. The number of halogens is 1. The van der Waals surface area contributed by atoms with Crippen LogP contribution in [-0.2, 0) is 32.2 Å². The molecule has 4 rings (SSSR count). The molecule has 0 spiro atoms. The number of hydrogen-bond acceptors (Lipinski definition) is 8. The number of carbonyl (C=O) groups excluding carboxylic acids is 2. The number of methoxy groups -OCH3 is 1. The molecule has 0 aromatic heterocycles. The Bertz CT molecular complexity index is 1360. The van der Waals surface area contributed by atoms with Crippen LogP contribution in [0.15, 0.2) is 72.8 Å². The van der Waals surface area contributed by atoms with Gasteiger partial charge in [0.15, 0.2) is 29.5 Å². The first-order chi connectivity index (χ1) is 19.1. The molecule has 1 fully saturated rings. The summed E-state index contributed by atoms with van der Waals surface area (Å²) in [5, 5.41) is -0.342. The summed E-state index contributed by atoms with van der Waals surface area (Å²) in [6, 6.07) is 20.1. The summed E-state index contributed by atoms with van der Waals surface area (Å²) in [7, 11) is 1.15. The normalized spacial score (nSPS) is 16.7. The summed E-state index contributed by atoms with van der Waals surface area (Å²) in [4.78, 5) is 26.7. The van der Waals surface area contributed by atoms with E-state index in [1.807, 2.05) is 60.7 Å². The number of nitrogens with zero attached hydrogens (tertiary/aromatic N) is 1. The molecule has 1 heterocycles. The molecule has 0 radical (unpaired) electrons. The minimum absolute atomic E-state index is 0.0529. The molecule has 210 valence electrons. The van der Waals surface area contributed by atoms with Crippen molar-refractivity contribution in [3.63, 3.8) is 0 Å². The molecule has 1 amide bonds. The standard InChI is InChI=1S/C30H30FNO7S/c1-30(2,3)39-28(34)32-24(27(33)35-4)25(38-29(32)40)21-15-16-22(36-17-19-11-7-5-8-12-19)26(23(21)31)37-18-20-13-9-6-10-14-20/h5-16,24-25H,17-18H2,1-4H3/t24-,25+/m0/s1. The van der Waals surface area contributed by atoms with E-state index in [-0.39, 0.29) is 35.5 Å². The Balaban J connectivity index is 1.70. The molecule has 1 saturated heterocycles. The molecule has 10 heteroatoms. The van der Waals surface area contributed by atoms with Crippen molar-refractivity contribution in [2.75, 3.05) is 7.11 Å². The molecular formula is C30H30FNO7S. The largest absolute Gasteiger partial charge is 0.485 e. The van der Waals surface area contributed by atoms with Crippen LogP contribution in [0.4, 0.5) is 9.18 Å². The van der Waals surface area contributed by atoms with Crippen molar-refractivity contribution in [2.24, 2.45) is 0 Å². The van der Waals surface area contributed by atoms with Crippen LogP contribution >= 0.6 is 12.2 Å². The van der Waals surface area contributed by atoms with Crippen molar-refractivity contribution < 1.29 is 37.7 Å². The Labute approximate surface area is 237 Å². The number of thiocarbonyl (C=S) groups is 1. The number of hydrogen-bond donors (Lipinski definition) is 0. The van der Waals surface area contributed by atoms with E-state index < -0.39 is 35.6 Å². The van der Waals surface area contributed by atoms with Crippen LogP contribution in [0.2, 0.25) is 0 Å². The SMILES string of the molecule is COC(=O)[C@@H]1[C@@H](c2ccc(OCc3ccccc3)c(OCc3ccccc3)c2F)OC(=S)N1C(=O)OC(C)(C)C. The Kier molecular flexibility index (Phi) is 8.89. The van der Waals surface area contributed by atoms with Crippen LogP contribution in [0.25, 0.3) is 0 Å². The summed E-state index contributed by atoms with van der Waals surface area (Å²) >= 11 is 5.26. The molecule has 3 aromatic rings. The number of carbonyl (C=O) groups is 2. The summed E-state index contributed by atoms with van der Waals surface area (Å²) < 4.78 is 44.2. The van der Waals surface area contributed by atoms with E-state index in [0.29, 0.717) is 0 Å². The first-order valence-electron chi connectivity index (χ1n) is 12.6. The van der Waals surface area contributed by atoms with Crippen molar-refractivity contribution in [1.82, 2.24) is 4.90 Å². The van der Waals surface area contributed by atoms with E-state index in [1.165, 1.54) is 12.1 Å². The van der Waals surface area contributed by atoms with Gasteiger partial charge in [0.25, 0.3) is 5.17 Å². The van der Waals surface area contributed by atoms with Crippen molar-refractivity contribution >= 4 is 29.5 Å². The second kappa shape index (κ2) is 12.3. The summed E-state index contributed by atoms with van der Waals surface area (Å²) in [6.07, 6.45) is -2.24. The minimum Gasteiger partial charge on any atom is -0.485 e. The first kappa shape index (κ1) is 28.8. The third-order valence-electron chi connectivity index (χ3n) is 5.88. The Hall–Kier alpha value is -4.18. The molecule has 1 aliphatic heterocycles. The Morgan fingerprint density at radius 2 is 1.50 bits per heavy atom. The topological polar surface area (TPSA) is 83.5 Å². The van der Waals surface area contributed by atoms with E-state index in [1.54, 1.807) is 20.8 Å². The second-order valence-electron chi connectivity index (χ2n) is 9.97. The Morgan fingerprint density at radius 1 is 0.925 bits per heavy atom. The lowest BCUT2D eigenvalue weighted by Gasteiger charge is -2.26. The molecule has 0 unspecified atom stereocenters. The van der Waals surface area contributed by atoms with Crippen molar-refractivity contribution in [2.45, 2.75) is 51.7 Å². The highest BCUT2D eigenvalue weighted by atomic mass is 32.1. The molecule has 1 aliphatic rings. The van der Waals surface area contributed by atoms with Gasteiger partial charge in [-0.25, -0.2) is 18.9 Å². The van der Waals surface area contributed by atoms with E-state index >= 15 is 4.39 Å². The zero-order chi connectivity index (χ0) is 28.9. The highest BCUT2D eigenvalue weighted by Crippen LogP contribution is 2.41. The predicted octanol–water partition coefficient (Wildman–Crippen LogP) is 6.12. The van der Waals surface area contributed by atoms with Crippen LogP contribution < -0.4 is 9.47 Å². The fourth-order valence-corrected chi connectivity index (χ4v) is 4.34. The maximum atomic E-state index is 16.3. The lowest BCUT2D eigenvalue weighted by molar-refractivity contribution is -0.146. The summed E-state index contributed by atoms with van der Waals surface area (Å²) in [5.74, 6) is -1.70. The number of esters is 1. The highest BCUT2D eigenvalue weighted by molar-refractivity contribution is 7.80. The molecular weight excluding hydrogens is 537 g/mol. The minimum atomic E-state index is -1.43. The van der Waals surface area contributed by atoms with Crippen LogP contribution in [0.3, 0.4) is 0 Å². The lowest BCUT2D eigenvalue weighted by atomic mass is 10.0. The zero-order valence-corrected chi connectivity index (χ0v) is 23.4. The zero-order valence-electron chi connectivity index (χ0n) is 22.6. The maximum Gasteiger partial charge on any atom is 0.418 e. The van der Waals surface area contributed by atoms with Gasteiger partial charge in [-0.15, -0.1) is 0 Å². The fraction of sp³-hybridized carbons (Fsp3) is 0.300. The second-order valence-corrected chi connectivity index (χ2v) is 10.3. The van der Waals surface area contributed by atoms with Gasteiger partial charge in [-0.3, -0.25) is 0 Å². The summed E-state index contributed by atoms with van der Waals surface area (Å²) in [6.45, 7) is 5.22. The molecule has 8 nitrogen and oxygen atoms in total. The van der Waals surface area contributed by atoms with E-state index in [2.05, 4.69) is 0 Å². The van der Waals surface area contributed by atoms with Crippen LogP contribution in [0.1, 0.15) is 43.6 Å². The van der Waals surface area contributed by atoms with E-state index in [9.17, 15) is 9.59 Å².